The highest BCUT2D eigenvalue weighted by Gasteiger charge is 2.52. The zero-order chi connectivity index (χ0) is 20.0. The second-order valence-electron chi connectivity index (χ2n) is 8.69. The summed E-state index contributed by atoms with van der Waals surface area (Å²) in [5.41, 5.74) is 4.61. The van der Waals surface area contributed by atoms with Crippen molar-refractivity contribution in [1.82, 2.24) is 10.2 Å². The molecule has 2 heterocycles. The molecule has 1 aromatic carbocycles. The number of carbonyl (C=O) groups is 2. The van der Waals surface area contributed by atoms with Crippen LogP contribution in [-0.4, -0.2) is 47.8 Å². The molecule has 2 aliphatic heterocycles. The van der Waals surface area contributed by atoms with Crippen LogP contribution in [0.25, 0.3) is 0 Å². The first-order valence-electron chi connectivity index (χ1n) is 10.2. The summed E-state index contributed by atoms with van der Waals surface area (Å²) < 4.78 is 4.74. The minimum atomic E-state index is -0.582. The van der Waals surface area contributed by atoms with E-state index in [1.807, 2.05) is 18.7 Å². The molecule has 1 aliphatic carbocycles. The summed E-state index contributed by atoms with van der Waals surface area (Å²) in [4.78, 5) is 32.3. The molecule has 3 aliphatic rings. The molecule has 0 radical (unpaired) electrons. The van der Waals surface area contributed by atoms with Crippen LogP contribution in [0.3, 0.4) is 0 Å². The standard InChI is InChI=1S/C22H29N3O3/c1-12(2)19(24-22(27)28-4)21(26)25-16-7-6-14(10-16)20(25)18-11-15-9-13(3)5-8-17(15)23-18/h5,8-9,12,14,16,19-20H,6-7,10-11H2,1-4H3,(H,24,27)/t14-,16+,19-,20-/m0/s1. The number of hydrogen-bond acceptors (Lipinski definition) is 4. The molecule has 2 bridgehead atoms. The Hall–Kier alpha value is -2.37. The highest BCUT2D eigenvalue weighted by Crippen LogP contribution is 2.45. The Morgan fingerprint density at radius 2 is 2.07 bits per heavy atom. The van der Waals surface area contributed by atoms with E-state index in [-0.39, 0.29) is 23.9 Å². The molecular formula is C22H29N3O3. The van der Waals surface area contributed by atoms with E-state index >= 15 is 0 Å². The molecular weight excluding hydrogens is 354 g/mol. The lowest BCUT2D eigenvalue weighted by atomic mass is 9.90. The van der Waals surface area contributed by atoms with E-state index in [0.717, 1.165) is 37.1 Å². The van der Waals surface area contributed by atoms with Gasteiger partial charge in [0.05, 0.1) is 18.8 Å². The van der Waals surface area contributed by atoms with Gasteiger partial charge in [-0.3, -0.25) is 9.79 Å². The number of piperidine rings is 1. The highest BCUT2D eigenvalue weighted by molar-refractivity contribution is 6.01. The summed E-state index contributed by atoms with van der Waals surface area (Å²) in [7, 11) is 1.32. The number of rotatable bonds is 4. The lowest BCUT2D eigenvalue weighted by Gasteiger charge is -2.38. The summed E-state index contributed by atoms with van der Waals surface area (Å²) in [6, 6.07) is 6.06. The smallest absolute Gasteiger partial charge is 0.407 e. The van der Waals surface area contributed by atoms with Crippen LogP contribution in [0.1, 0.15) is 44.2 Å². The topological polar surface area (TPSA) is 71.0 Å². The van der Waals surface area contributed by atoms with Crippen molar-refractivity contribution in [3.63, 3.8) is 0 Å². The second-order valence-corrected chi connectivity index (χ2v) is 8.69. The van der Waals surface area contributed by atoms with Gasteiger partial charge in [0.1, 0.15) is 6.04 Å². The number of fused-ring (bicyclic) bond motifs is 3. The Balaban J connectivity index is 1.61. The summed E-state index contributed by atoms with van der Waals surface area (Å²) in [6.45, 7) is 6.00. The Labute approximate surface area is 166 Å². The first-order chi connectivity index (χ1) is 13.4. The van der Waals surface area contributed by atoms with Crippen LogP contribution in [0.15, 0.2) is 23.2 Å². The van der Waals surface area contributed by atoms with E-state index in [9.17, 15) is 9.59 Å². The number of alkyl carbamates (subject to hydrolysis) is 1. The van der Waals surface area contributed by atoms with Crippen LogP contribution in [0.5, 0.6) is 0 Å². The number of nitrogens with zero attached hydrogens (tertiary/aromatic N) is 2. The summed E-state index contributed by atoms with van der Waals surface area (Å²) in [6.07, 6.45) is 3.47. The van der Waals surface area contributed by atoms with Crippen LogP contribution in [0.2, 0.25) is 0 Å². The van der Waals surface area contributed by atoms with Gasteiger partial charge in [-0.25, -0.2) is 4.79 Å². The maximum atomic E-state index is 13.5. The highest BCUT2D eigenvalue weighted by atomic mass is 16.5. The molecule has 1 saturated carbocycles. The largest absolute Gasteiger partial charge is 0.453 e. The lowest BCUT2D eigenvalue weighted by molar-refractivity contribution is -0.137. The van der Waals surface area contributed by atoms with Crippen molar-refractivity contribution in [2.45, 2.75) is 64.6 Å². The Kier molecular flexibility index (Phi) is 4.89. The average Bonchev–Trinajstić information content (AvgIpc) is 3.37. The fraction of sp³-hybridized carbons (Fsp3) is 0.591. The van der Waals surface area contributed by atoms with Gasteiger partial charge in [0.25, 0.3) is 0 Å². The van der Waals surface area contributed by atoms with Crippen molar-refractivity contribution >= 4 is 23.4 Å². The number of aliphatic imine (C=N–C) groups is 1. The van der Waals surface area contributed by atoms with Gasteiger partial charge in [-0.2, -0.15) is 0 Å². The summed E-state index contributed by atoms with van der Waals surface area (Å²) in [5, 5.41) is 2.75. The number of likely N-dealkylation sites (tertiary alicyclic amines) is 1. The van der Waals surface area contributed by atoms with Crippen molar-refractivity contribution in [3.05, 3.63) is 29.3 Å². The lowest BCUT2D eigenvalue weighted by Crippen LogP contribution is -2.57. The molecule has 4 atom stereocenters. The summed E-state index contributed by atoms with van der Waals surface area (Å²) >= 11 is 0. The SMILES string of the molecule is COC(=O)N[C@H](C(=O)N1[C@@H]2CC[C@@H](C2)[C@H]1C1=Nc2ccc(C)cc2C1)C(C)C. The number of amides is 2. The predicted octanol–water partition coefficient (Wildman–Crippen LogP) is 3.38. The predicted molar refractivity (Wildman–Crippen MR) is 108 cm³/mol. The zero-order valence-electron chi connectivity index (χ0n) is 17.1. The molecule has 0 unspecified atom stereocenters. The number of ether oxygens (including phenoxy) is 1. The maximum Gasteiger partial charge on any atom is 0.407 e. The van der Waals surface area contributed by atoms with E-state index in [1.54, 1.807) is 0 Å². The number of carbonyl (C=O) groups excluding carboxylic acids is 2. The number of hydrogen-bond donors (Lipinski definition) is 1. The second kappa shape index (κ2) is 7.22. The molecule has 6 nitrogen and oxygen atoms in total. The normalized spacial score (nSPS) is 26.2. The van der Waals surface area contributed by atoms with E-state index in [2.05, 4.69) is 30.4 Å². The molecule has 1 saturated heterocycles. The minimum absolute atomic E-state index is 0.00700. The van der Waals surface area contributed by atoms with Crippen LogP contribution in [0, 0.1) is 18.8 Å². The fourth-order valence-corrected chi connectivity index (χ4v) is 5.12. The van der Waals surface area contributed by atoms with Gasteiger partial charge in [-0.1, -0.05) is 31.5 Å². The third-order valence-corrected chi connectivity index (χ3v) is 6.44. The van der Waals surface area contributed by atoms with Crippen LogP contribution in [0.4, 0.5) is 10.5 Å². The maximum absolute atomic E-state index is 13.5. The van der Waals surface area contributed by atoms with Crippen molar-refractivity contribution in [2.24, 2.45) is 16.8 Å². The third-order valence-electron chi connectivity index (χ3n) is 6.44. The molecule has 1 N–H and O–H groups in total. The van der Waals surface area contributed by atoms with Crippen LogP contribution < -0.4 is 5.32 Å². The van der Waals surface area contributed by atoms with E-state index in [1.165, 1.54) is 18.2 Å². The molecule has 0 aromatic heterocycles. The number of nitrogens with one attached hydrogen (secondary N) is 1. The zero-order valence-corrected chi connectivity index (χ0v) is 17.1. The third kappa shape index (κ3) is 3.19. The van der Waals surface area contributed by atoms with Gasteiger partial charge >= 0.3 is 6.09 Å². The van der Waals surface area contributed by atoms with Crippen molar-refractivity contribution < 1.29 is 14.3 Å². The van der Waals surface area contributed by atoms with E-state index in [4.69, 9.17) is 9.73 Å². The van der Waals surface area contributed by atoms with Gasteiger partial charge in [0.15, 0.2) is 0 Å². The quantitative estimate of drug-likeness (QED) is 0.866. The molecule has 4 rings (SSSR count). The first-order valence-corrected chi connectivity index (χ1v) is 10.2. The van der Waals surface area contributed by atoms with Gasteiger partial charge in [-0.05, 0) is 49.7 Å². The average molecular weight is 383 g/mol. The molecule has 150 valence electrons. The molecule has 6 heteroatoms. The van der Waals surface area contributed by atoms with Crippen molar-refractivity contribution in [1.29, 1.82) is 0 Å². The molecule has 2 amide bonds. The fourth-order valence-electron chi connectivity index (χ4n) is 5.12. The molecule has 28 heavy (non-hydrogen) atoms. The monoisotopic (exact) mass is 383 g/mol. The van der Waals surface area contributed by atoms with Crippen LogP contribution in [-0.2, 0) is 16.0 Å². The van der Waals surface area contributed by atoms with Gasteiger partial charge in [-0.15, -0.1) is 0 Å². The van der Waals surface area contributed by atoms with E-state index < -0.39 is 12.1 Å². The van der Waals surface area contributed by atoms with Crippen molar-refractivity contribution in [3.8, 4) is 0 Å². The van der Waals surface area contributed by atoms with Gasteiger partial charge in [0, 0.05) is 18.2 Å². The first kappa shape index (κ1) is 19.0. The minimum Gasteiger partial charge on any atom is -0.453 e. The molecule has 1 aromatic rings. The number of benzene rings is 1. The number of aryl methyl sites for hydroxylation is 1. The molecule has 2 fully saturated rings. The Bertz CT molecular complexity index is 832. The summed E-state index contributed by atoms with van der Waals surface area (Å²) in [5.74, 6) is 0.443. The van der Waals surface area contributed by atoms with E-state index in [0.29, 0.717) is 5.92 Å². The van der Waals surface area contributed by atoms with Crippen molar-refractivity contribution in [2.75, 3.05) is 7.11 Å². The molecule has 0 spiro atoms. The van der Waals surface area contributed by atoms with Gasteiger partial charge < -0.3 is 15.0 Å². The Morgan fingerprint density at radius 1 is 1.29 bits per heavy atom. The number of methoxy groups -OCH3 is 1. The van der Waals surface area contributed by atoms with Crippen LogP contribution >= 0.6 is 0 Å². The van der Waals surface area contributed by atoms with Gasteiger partial charge in [0.2, 0.25) is 5.91 Å². The Morgan fingerprint density at radius 3 is 2.79 bits per heavy atom.